The van der Waals surface area contributed by atoms with Gasteiger partial charge in [-0.1, -0.05) is 6.92 Å². The third-order valence-corrected chi connectivity index (χ3v) is 4.77. The molecule has 2 heterocycles. The van der Waals surface area contributed by atoms with Crippen molar-refractivity contribution in [2.75, 3.05) is 0 Å². The second-order valence-corrected chi connectivity index (χ2v) is 5.73. The van der Waals surface area contributed by atoms with Crippen molar-refractivity contribution in [3.8, 4) is 0 Å². The van der Waals surface area contributed by atoms with Gasteiger partial charge < -0.3 is 0 Å². The van der Waals surface area contributed by atoms with E-state index in [0.29, 0.717) is 0 Å². The van der Waals surface area contributed by atoms with Crippen molar-refractivity contribution < 1.29 is 9.59 Å². The van der Waals surface area contributed by atoms with Crippen LogP contribution in [0.25, 0.3) is 0 Å². The van der Waals surface area contributed by atoms with E-state index in [1.807, 2.05) is 24.3 Å². The van der Waals surface area contributed by atoms with Gasteiger partial charge in [0.15, 0.2) is 12.6 Å². The highest BCUT2D eigenvalue weighted by molar-refractivity contribution is 7.15. The molecule has 2 rings (SSSR count). The van der Waals surface area contributed by atoms with Crippen molar-refractivity contribution in [1.82, 2.24) is 0 Å². The van der Waals surface area contributed by atoms with E-state index >= 15 is 0 Å². The van der Waals surface area contributed by atoms with Gasteiger partial charge in [-0.15, -0.1) is 22.7 Å². The van der Waals surface area contributed by atoms with E-state index in [0.717, 1.165) is 32.1 Å². The van der Waals surface area contributed by atoms with Gasteiger partial charge >= 0.3 is 0 Å². The van der Waals surface area contributed by atoms with Crippen LogP contribution >= 0.6 is 22.7 Å². The predicted molar refractivity (Wildman–Crippen MR) is 66.9 cm³/mol. The van der Waals surface area contributed by atoms with Crippen molar-refractivity contribution >= 4 is 35.2 Å². The van der Waals surface area contributed by atoms with Crippen molar-refractivity contribution in [3.05, 3.63) is 43.8 Å². The number of carbonyl (C=O) groups is 2. The van der Waals surface area contributed by atoms with E-state index < -0.39 is 0 Å². The minimum Gasteiger partial charge on any atom is -0.297 e. The second-order valence-electron chi connectivity index (χ2n) is 3.44. The maximum absolute atomic E-state index is 10.6. The smallest absolute Gasteiger partial charge is 0.160 e. The molecule has 0 radical (unpaired) electrons. The molecule has 16 heavy (non-hydrogen) atoms. The normalized spacial score (nSPS) is 10.6. The molecule has 0 aliphatic rings. The zero-order valence-corrected chi connectivity index (χ0v) is 10.3. The molecule has 0 bridgehead atoms. The molecule has 0 spiro atoms. The van der Waals surface area contributed by atoms with E-state index in [4.69, 9.17) is 0 Å². The summed E-state index contributed by atoms with van der Waals surface area (Å²) in [6, 6.07) is 7.61. The van der Waals surface area contributed by atoms with Crippen molar-refractivity contribution in [2.45, 2.75) is 12.8 Å². The first-order valence-corrected chi connectivity index (χ1v) is 6.47. The molecule has 0 saturated heterocycles. The molecular formula is C12H10O2S2. The fraction of sp³-hybridized carbons (Fsp3) is 0.167. The van der Waals surface area contributed by atoms with Gasteiger partial charge in [-0.25, -0.2) is 0 Å². The zero-order chi connectivity index (χ0) is 11.5. The SMILES string of the molecule is CC(c1ccc(C=O)s1)c1ccc(C=O)s1. The Hall–Kier alpha value is -1.26. The van der Waals surface area contributed by atoms with Crippen LogP contribution in [0.2, 0.25) is 0 Å². The monoisotopic (exact) mass is 250 g/mol. The molecule has 0 atom stereocenters. The first-order valence-electron chi connectivity index (χ1n) is 4.84. The van der Waals surface area contributed by atoms with Crippen LogP contribution in [0.15, 0.2) is 24.3 Å². The van der Waals surface area contributed by atoms with Gasteiger partial charge in [0.1, 0.15) is 0 Å². The molecule has 0 N–H and O–H groups in total. The highest BCUT2D eigenvalue weighted by atomic mass is 32.1. The average molecular weight is 250 g/mol. The minimum absolute atomic E-state index is 0.248. The summed E-state index contributed by atoms with van der Waals surface area (Å²) in [5.74, 6) is 0.248. The van der Waals surface area contributed by atoms with E-state index in [-0.39, 0.29) is 5.92 Å². The standard InChI is InChI=1S/C12H10O2S2/c1-8(11-4-2-9(6-13)15-11)12-5-3-10(7-14)16-12/h2-8H,1H3. The van der Waals surface area contributed by atoms with Gasteiger partial charge in [-0.05, 0) is 24.3 Å². The Morgan fingerprint density at radius 3 is 1.69 bits per heavy atom. The quantitative estimate of drug-likeness (QED) is 0.777. The van der Waals surface area contributed by atoms with Crippen molar-refractivity contribution in [1.29, 1.82) is 0 Å². The summed E-state index contributed by atoms with van der Waals surface area (Å²) < 4.78 is 0. The Morgan fingerprint density at radius 2 is 1.38 bits per heavy atom. The lowest BCUT2D eigenvalue weighted by Gasteiger charge is -2.05. The first-order chi connectivity index (χ1) is 7.74. The summed E-state index contributed by atoms with van der Waals surface area (Å²) in [5, 5.41) is 0. The Labute approximate surface area is 102 Å². The summed E-state index contributed by atoms with van der Waals surface area (Å²) in [4.78, 5) is 25.0. The van der Waals surface area contributed by atoms with E-state index in [1.54, 1.807) is 0 Å². The van der Waals surface area contributed by atoms with E-state index in [2.05, 4.69) is 6.92 Å². The van der Waals surface area contributed by atoms with Gasteiger partial charge in [0, 0.05) is 15.7 Å². The Bertz CT molecular complexity index is 464. The van der Waals surface area contributed by atoms with Crippen LogP contribution in [-0.4, -0.2) is 12.6 Å². The molecule has 2 nitrogen and oxygen atoms in total. The highest BCUT2D eigenvalue weighted by Gasteiger charge is 2.13. The third-order valence-electron chi connectivity index (χ3n) is 2.38. The number of rotatable bonds is 4. The molecule has 4 heteroatoms. The largest absolute Gasteiger partial charge is 0.297 e. The van der Waals surface area contributed by atoms with Crippen LogP contribution in [-0.2, 0) is 0 Å². The van der Waals surface area contributed by atoms with E-state index in [1.165, 1.54) is 22.7 Å². The average Bonchev–Trinajstić information content (AvgIpc) is 2.97. The van der Waals surface area contributed by atoms with Crippen LogP contribution < -0.4 is 0 Å². The summed E-state index contributed by atoms with van der Waals surface area (Å²) >= 11 is 3.01. The molecule has 0 aliphatic heterocycles. The molecule has 82 valence electrons. The lowest BCUT2D eigenvalue weighted by molar-refractivity contribution is 0.111. The summed E-state index contributed by atoms with van der Waals surface area (Å²) in [6.45, 7) is 2.08. The summed E-state index contributed by atoms with van der Waals surface area (Å²) in [5.41, 5.74) is 0. The third kappa shape index (κ3) is 2.13. The van der Waals surface area contributed by atoms with Crippen LogP contribution in [0, 0.1) is 0 Å². The van der Waals surface area contributed by atoms with Crippen LogP contribution in [0.5, 0.6) is 0 Å². The van der Waals surface area contributed by atoms with Gasteiger partial charge in [0.05, 0.1) is 9.75 Å². The molecule has 0 unspecified atom stereocenters. The number of thiophene rings is 2. The van der Waals surface area contributed by atoms with Crippen LogP contribution in [0.4, 0.5) is 0 Å². The molecule has 0 aromatic carbocycles. The Morgan fingerprint density at radius 1 is 0.938 bits per heavy atom. The molecule has 0 aliphatic carbocycles. The topological polar surface area (TPSA) is 34.1 Å². The van der Waals surface area contributed by atoms with Crippen molar-refractivity contribution in [2.24, 2.45) is 0 Å². The Balaban J connectivity index is 2.26. The Kier molecular flexibility index (Phi) is 3.31. The van der Waals surface area contributed by atoms with Crippen LogP contribution in [0.1, 0.15) is 41.9 Å². The fourth-order valence-electron chi connectivity index (χ4n) is 1.47. The maximum atomic E-state index is 10.6. The lowest BCUT2D eigenvalue weighted by atomic mass is 10.1. The van der Waals surface area contributed by atoms with Crippen LogP contribution in [0.3, 0.4) is 0 Å². The van der Waals surface area contributed by atoms with Gasteiger partial charge in [0.2, 0.25) is 0 Å². The van der Waals surface area contributed by atoms with Crippen molar-refractivity contribution in [3.63, 3.8) is 0 Å². The summed E-state index contributed by atoms with van der Waals surface area (Å²) in [6.07, 6.45) is 1.73. The van der Waals surface area contributed by atoms with E-state index in [9.17, 15) is 9.59 Å². The number of aldehydes is 2. The summed E-state index contributed by atoms with van der Waals surface area (Å²) in [7, 11) is 0. The predicted octanol–water partition coefficient (Wildman–Crippen LogP) is 3.59. The molecule has 0 amide bonds. The molecule has 2 aromatic rings. The van der Waals surface area contributed by atoms with Gasteiger partial charge in [-0.3, -0.25) is 9.59 Å². The maximum Gasteiger partial charge on any atom is 0.160 e. The second kappa shape index (κ2) is 4.72. The molecular weight excluding hydrogens is 240 g/mol. The van der Waals surface area contributed by atoms with Gasteiger partial charge in [0.25, 0.3) is 0 Å². The molecule has 0 fully saturated rings. The first kappa shape index (κ1) is 11.2. The number of carbonyl (C=O) groups excluding carboxylic acids is 2. The molecule has 0 saturated carbocycles. The lowest BCUT2D eigenvalue weighted by Crippen LogP contribution is -1.87. The fourth-order valence-corrected chi connectivity index (χ4v) is 3.34. The highest BCUT2D eigenvalue weighted by Crippen LogP contribution is 2.33. The van der Waals surface area contributed by atoms with Gasteiger partial charge in [-0.2, -0.15) is 0 Å². The molecule has 2 aromatic heterocycles. The number of hydrogen-bond acceptors (Lipinski definition) is 4. The number of hydrogen-bond donors (Lipinski definition) is 0. The zero-order valence-electron chi connectivity index (χ0n) is 8.67. The minimum atomic E-state index is 0.248.